The molecule has 0 spiro atoms. The zero-order valence-electron chi connectivity index (χ0n) is 8.67. The molecule has 1 aliphatic rings. The summed E-state index contributed by atoms with van der Waals surface area (Å²) >= 11 is 1.73. The lowest BCUT2D eigenvalue weighted by Gasteiger charge is -2.31. The summed E-state index contributed by atoms with van der Waals surface area (Å²) in [5.41, 5.74) is 7.21. The van der Waals surface area contributed by atoms with Gasteiger partial charge in [-0.05, 0) is 26.7 Å². The van der Waals surface area contributed by atoms with E-state index in [1.807, 2.05) is 6.92 Å². The Morgan fingerprint density at radius 3 is 2.50 bits per heavy atom. The van der Waals surface area contributed by atoms with E-state index in [-0.39, 0.29) is 5.54 Å². The summed E-state index contributed by atoms with van der Waals surface area (Å²) in [6.45, 7) is 5.65. The molecule has 0 aliphatic carbocycles. The molecule has 78 valence electrons. The van der Waals surface area contributed by atoms with Gasteiger partial charge in [0.05, 0.1) is 11.2 Å². The number of rotatable bonds is 1. The lowest BCUT2D eigenvalue weighted by molar-refractivity contribution is 0.0521. The number of aromatic nitrogens is 1. The largest absolute Gasteiger partial charge is 0.381 e. The standard InChI is InChI=1S/C10H16N2OS/c1-7-8(2)14-9(12-7)10(11)3-5-13-6-4-10/h3-6,11H2,1-2H3. The number of hydrogen-bond acceptors (Lipinski definition) is 4. The van der Waals surface area contributed by atoms with Gasteiger partial charge in [-0.15, -0.1) is 11.3 Å². The van der Waals surface area contributed by atoms with Gasteiger partial charge in [0.15, 0.2) is 0 Å². The van der Waals surface area contributed by atoms with Crippen LogP contribution in [0.2, 0.25) is 0 Å². The smallest absolute Gasteiger partial charge is 0.113 e. The van der Waals surface area contributed by atoms with Crippen LogP contribution in [0.3, 0.4) is 0 Å². The van der Waals surface area contributed by atoms with E-state index in [1.165, 1.54) is 4.88 Å². The fourth-order valence-electron chi connectivity index (χ4n) is 1.64. The van der Waals surface area contributed by atoms with Gasteiger partial charge in [0.1, 0.15) is 5.01 Å². The maximum atomic E-state index is 6.33. The Hall–Kier alpha value is -0.450. The van der Waals surface area contributed by atoms with Crippen LogP contribution in [0.1, 0.15) is 28.4 Å². The normalized spacial score (nSPS) is 21.1. The molecule has 0 radical (unpaired) electrons. The average Bonchev–Trinajstić information content (AvgIpc) is 2.49. The highest BCUT2D eigenvalue weighted by Crippen LogP contribution is 2.33. The van der Waals surface area contributed by atoms with Gasteiger partial charge in [0.25, 0.3) is 0 Å². The van der Waals surface area contributed by atoms with Gasteiger partial charge in [-0.2, -0.15) is 0 Å². The molecular formula is C10H16N2OS. The number of thiazole rings is 1. The van der Waals surface area contributed by atoms with Crippen molar-refractivity contribution in [2.75, 3.05) is 13.2 Å². The molecule has 2 rings (SSSR count). The van der Waals surface area contributed by atoms with Crippen molar-refractivity contribution in [3.8, 4) is 0 Å². The Balaban J connectivity index is 2.28. The van der Waals surface area contributed by atoms with E-state index < -0.39 is 0 Å². The predicted molar refractivity (Wildman–Crippen MR) is 57.5 cm³/mol. The Labute approximate surface area is 88.3 Å². The molecule has 1 aromatic rings. The fourth-order valence-corrected chi connectivity index (χ4v) is 2.71. The lowest BCUT2D eigenvalue weighted by Crippen LogP contribution is -2.42. The Morgan fingerprint density at radius 2 is 2.00 bits per heavy atom. The van der Waals surface area contributed by atoms with Crippen molar-refractivity contribution < 1.29 is 4.74 Å². The lowest BCUT2D eigenvalue weighted by atomic mass is 9.92. The van der Waals surface area contributed by atoms with Gasteiger partial charge in [0, 0.05) is 18.1 Å². The van der Waals surface area contributed by atoms with E-state index in [0.29, 0.717) is 0 Å². The van der Waals surface area contributed by atoms with Crippen LogP contribution < -0.4 is 5.73 Å². The fraction of sp³-hybridized carbons (Fsp3) is 0.700. The second-order valence-electron chi connectivity index (χ2n) is 3.93. The first-order valence-electron chi connectivity index (χ1n) is 4.93. The van der Waals surface area contributed by atoms with Crippen molar-refractivity contribution in [2.24, 2.45) is 5.73 Å². The first kappa shape index (κ1) is 10.1. The molecule has 0 unspecified atom stereocenters. The zero-order valence-corrected chi connectivity index (χ0v) is 9.49. The molecule has 1 aromatic heterocycles. The van der Waals surface area contributed by atoms with E-state index in [4.69, 9.17) is 10.5 Å². The summed E-state index contributed by atoms with van der Waals surface area (Å²) in [5.74, 6) is 0. The van der Waals surface area contributed by atoms with Crippen LogP contribution in [-0.4, -0.2) is 18.2 Å². The highest BCUT2D eigenvalue weighted by molar-refractivity contribution is 7.11. The van der Waals surface area contributed by atoms with Gasteiger partial charge in [-0.25, -0.2) is 4.98 Å². The van der Waals surface area contributed by atoms with Crippen LogP contribution in [-0.2, 0) is 10.3 Å². The zero-order chi connectivity index (χ0) is 10.2. The molecule has 1 saturated heterocycles. The molecule has 0 atom stereocenters. The highest BCUT2D eigenvalue weighted by Gasteiger charge is 2.33. The first-order valence-corrected chi connectivity index (χ1v) is 5.75. The minimum atomic E-state index is -0.234. The maximum absolute atomic E-state index is 6.33. The molecule has 0 bridgehead atoms. The summed E-state index contributed by atoms with van der Waals surface area (Å²) in [7, 11) is 0. The topological polar surface area (TPSA) is 48.1 Å². The summed E-state index contributed by atoms with van der Waals surface area (Å²) in [6, 6.07) is 0. The molecule has 4 heteroatoms. The average molecular weight is 212 g/mol. The number of hydrogen-bond donors (Lipinski definition) is 1. The van der Waals surface area contributed by atoms with Crippen molar-refractivity contribution in [1.82, 2.24) is 4.98 Å². The Morgan fingerprint density at radius 1 is 1.36 bits per heavy atom. The second-order valence-corrected chi connectivity index (χ2v) is 5.13. The highest BCUT2D eigenvalue weighted by atomic mass is 32.1. The SMILES string of the molecule is Cc1nc(C2(N)CCOCC2)sc1C. The monoisotopic (exact) mass is 212 g/mol. The summed E-state index contributed by atoms with van der Waals surface area (Å²) in [6.07, 6.45) is 1.78. The third-order valence-electron chi connectivity index (χ3n) is 2.84. The van der Waals surface area contributed by atoms with Crippen LogP contribution in [0.15, 0.2) is 0 Å². The van der Waals surface area contributed by atoms with E-state index in [0.717, 1.165) is 36.8 Å². The molecule has 1 fully saturated rings. The molecular weight excluding hydrogens is 196 g/mol. The third kappa shape index (κ3) is 1.69. The first-order chi connectivity index (χ1) is 6.62. The minimum absolute atomic E-state index is 0.234. The molecule has 2 N–H and O–H groups in total. The van der Waals surface area contributed by atoms with Gasteiger partial charge in [-0.3, -0.25) is 0 Å². The van der Waals surface area contributed by atoms with Crippen LogP contribution >= 0.6 is 11.3 Å². The van der Waals surface area contributed by atoms with Crippen molar-refractivity contribution in [1.29, 1.82) is 0 Å². The van der Waals surface area contributed by atoms with Gasteiger partial charge in [0.2, 0.25) is 0 Å². The maximum Gasteiger partial charge on any atom is 0.113 e. The molecule has 1 aliphatic heterocycles. The van der Waals surface area contributed by atoms with E-state index in [1.54, 1.807) is 11.3 Å². The van der Waals surface area contributed by atoms with E-state index >= 15 is 0 Å². The van der Waals surface area contributed by atoms with E-state index in [9.17, 15) is 0 Å². The molecule has 0 amide bonds. The van der Waals surface area contributed by atoms with Crippen LogP contribution in [0.4, 0.5) is 0 Å². The summed E-state index contributed by atoms with van der Waals surface area (Å²) < 4.78 is 5.32. The molecule has 14 heavy (non-hydrogen) atoms. The summed E-state index contributed by atoms with van der Waals surface area (Å²) in [4.78, 5) is 5.82. The summed E-state index contributed by atoms with van der Waals surface area (Å²) in [5, 5.41) is 1.08. The van der Waals surface area contributed by atoms with Crippen molar-refractivity contribution >= 4 is 11.3 Å². The molecule has 0 aromatic carbocycles. The van der Waals surface area contributed by atoms with Crippen LogP contribution in [0.5, 0.6) is 0 Å². The van der Waals surface area contributed by atoms with Crippen LogP contribution in [0, 0.1) is 13.8 Å². The third-order valence-corrected chi connectivity index (χ3v) is 4.13. The number of nitrogens with two attached hydrogens (primary N) is 1. The Bertz CT molecular complexity index is 309. The minimum Gasteiger partial charge on any atom is -0.381 e. The second kappa shape index (κ2) is 3.61. The van der Waals surface area contributed by atoms with E-state index in [2.05, 4.69) is 11.9 Å². The van der Waals surface area contributed by atoms with Gasteiger partial charge < -0.3 is 10.5 Å². The van der Waals surface area contributed by atoms with Crippen molar-refractivity contribution in [2.45, 2.75) is 32.2 Å². The molecule has 3 nitrogen and oxygen atoms in total. The van der Waals surface area contributed by atoms with Crippen molar-refractivity contribution in [3.05, 3.63) is 15.6 Å². The van der Waals surface area contributed by atoms with Gasteiger partial charge >= 0.3 is 0 Å². The quantitative estimate of drug-likeness (QED) is 0.771. The number of nitrogens with zero attached hydrogens (tertiary/aromatic N) is 1. The van der Waals surface area contributed by atoms with Crippen LogP contribution in [0.25, 0.3) is 0 Å². The van der Waals surface area contributed by atoms with Crippen molar-refractivity contribution in [3.63, 3.8) is 0 Å². The predicted octanol–water partition coefficient (Wildman–Crippen LogP) is 1.72. The number of ether oxygens (including phenoxy) is 1. The number of aryl methyl sites for hydroxylation is 2. The molecule has 0 saturated carbocycles. The molecule has 2 heterocycles. The van der Waals surface area contributed by atoms with Gasteiger partial charge in [-0.1, -0.05) is 0 Å². The Kier molecular flexibility index (Phi) is 2.60.